The van der Waals surface area contributed by atoms with Crippen LogP contribution in [0.1, 0.15) is 12.0 Å². The highest BCUT2D eigenvalue weighted by molar-refractivity contribution is 5.80. The lowest BCUT2D eigenvalue weighted by Gasteiger charge is -2.34. The second-order valence-corrected chi connectivity index (χ2v) is 4.63. The van der Waals surface area contributed by atoms with Gasteiger partial charge < -0.3 is 19.5 Å². The highest BCUT2D eigenvalue weighted by atomic mass is 16.6. The molecule has 0 radical (unpaired) electrons. The lowest BCUT2D eigenvalue weighted by Crippen LogP contribution is -2.42. The third kappa shape index (κ3) is 1.66. The van der Waals surface area contributed by atoms with Crippen LogP contribution in [0.15, 0.2) is 12.1 Å². The predicted octanol–water partition coefficient (Wildman–Crippen LogP) is 1.29. The second-order valence-electron chi connectivity index (χ2n) is 4.63. The van der Waals surface area contributed by atoms with Crippen LogP contribution in [-0.4, -0.2) is 37.4 Å². The first kappa shape index (κ1) is 11.2. The molecule has 0 aliphatic carbocycles. The van der Waals surface area contributed by atoms with E-state index in [1.165, 1.54) is 0 Å². The zero-order valence-corrected chi connectivity index (χ0v) is 10.2. The SMILES string of the molecule is CN1c2cc3c(cc2CCC1C(=O)O)OCCO3. The average molecular weight is 249 g/mol. The number of likely N-dealkylation sites (N-methyl/N-ethyl adjacent to an activating group) is 1. The lowest BCUT2D eigenvalue weighted by atomic mass is 9.95. The molecule has 1 N–H and O–H groups in total. The monoisotopic (exact) mass is 249 g/mol. The molecule has 0 amide bonds. The van der Waals surface area contributed by atoms with Crippen molar-refractivity contribution < 1.29 is 19.4 Å². The van der Waals surface area contributed by atoms with Crippen molar-refractivity contribution >= 4 is 11.7 Å². The lowest BCUT2D eigenvalue weighted by molar-refractivity contribution is -0.138. The molecule has 0 aromatic heterocycles. The van der Waals surface area contributed by atoms with Crippen LogP contribution < -0.4 is 14.4 Å². The standard InChI is InChI=1S/C13H15NO4/c1-14-9(13(15)16)3-2-8-6-11-12(7-10(8)14)18-5-4-17-11/h6-7,9H,2-5H2,1H3,(H,15,16). The highest BCUT2D eigenvalue weighted by Gasteiger charge is 2.30. The number of carboxylic acids is 1. The van der Waals surface area contributed by atoms with Crippen molar-refractivity contribution in [2.75, 3.05) is 25.2 Å². The molecular formula is C13H15NO4. The topological polar surface area (TPSA) is 59.0 Å². The Labute approximate surface area is 105 Å². The molecule has 0 spiro atoms. The molecular weight excluding hydrogens is 234 g/mol. The minimum Gasteiger partial charge on any atom is -0.486 e. The Morgan fingerprint density at radius 3 is 2.67 bits per heavy atom. The summed E-state index contributed by atoms with van der Waals surface area (Å²) in [6, 6.07) is 3.40. The fraction of sp³-hybridized carbons (Fsp3) is 0.462. The van der Waals surface area contributed by atoms with Crippen LogP contribution in [0.25, 0.3) is 0 Å². The van der Waals surface area contributed by atoms with Crippen LogP contribution in [0.5, 0.6) is 11.5 Å². The Morgan fingerprint density at radius 2 is 2.00 bits per heavy atom. The molecule has 1 aromatic rings. The number of aliphatic carboxylic acids is 1. The van der Waals surface area contributed by atoms with E-state index in [-0.39, 0.29) is 0 Å². The van der Waals surface area contributed by atoms with Gasteiger partial charge in [0, 0.05) is 18.8 Å². The van der Waals surface area contributed by atoms with E-state index >= 15 is 0 Å². The summed E-state index contributed by atoms with van der Waals surface area (Å²) in [5.74, 6) is 0.693. The van der Waals surface area contributed by atoms with Gasteiger partial charge in [0.1, 0.15) is 19.3 Å². The van der Waals surface area contributed by atoms with Crippen LogP contribution in [-0.2, 0) is 11.2 Å². The number of anilines is 1. The molecule has 18 heavy (non-hydrogen) atoms. The second kappa shape index (κ2) is 4.08. The molecule has 1 unspecified atom stereocenters. The number of nitrogens with zero attached hydrogens (tertiary/aromatic N) is 1. The van der Waals surface area contributed by atoms with Gasteiger partial charge in [-0.3, -0.25) is 0 Å². The van der Waals surface area contributed by atoms with E-state index in [9.17, 15) is 9.90 Å². The number of carboxylic acid groups (broad SMARTS) is 1. The summed E-state index contributed by atoms with van der Waals surface area (Å²) in [6.45, 7) is 1.11. The van der Waals surface area contributed by atoms with E-state index in [2.05, 4.69) is 0 Å². The number of aryl methyl sites for hydroxylation is 1. The van der Waals surface area contributed by atoms with Crippen molar-refractivity contribution in [2.24, 2.45) is 0 Å². The van der Waals surface area contributed by atoms with E-state index < -0.39 is 12.0 Å². The van der Waals surface area contributed by atoms with E-state index in [4.69, 9.17) is 9.47 Å². The first-order valence-electron chi connectivity index (χ1n) is 6.05. The van der Waals surface area contributed by atoms with Gasteiger partial charge in [0.2, 0.25) is 0 Å². The quantitative estimate of drug-likeness (QED) is 0.812. The van der Waals surface area contributed by atoms with Crippen LogP contribution in [0, 0.1) is 0 Å². The Balaban J connectivity index is 2.01. The molecule has 5 nitrogen and oxygen atoms in total. The van der Waals surface area contributed by atoms with Crippen LogP contribution in [0.2, 0.25) is 0 Å². The Hall–Kier alpha value is -1.91. The molecule has 3 rings (SSSR count). The molecule has 5 heteroatoms. The maximum absolute atomic E-state index is 11.2. The van der Waals surface area contributed by atoms with E-state index in [1.807, 2.05) is 19.2 Å². The van der Waals surface area contributed by atoms with Gasteiger partial charge in [-0.05, 0) is 24.5 Å². The van der Waals surface area contributed by atoms with Gasteiger partial charge in [-0.25, -0.2) is 4.79 Å². The average Bonchev–Trinajstić information content (AvgIpc) is 2.37. The molecule has 0 fully saturated rings. The fourth-order valence-electron chi connectivity index (χ4n) is 2.59. The van der Waals surface area contributed by atoms with Crippen LogP contribution in [0.4, 0.5) is 5.69 Å². The number of benzene rings is 1. The van der Waals surface area contributed by atoms with Crippen molar-refractivity contribution in [3.63, 3.8) is 0 Å². The maximum atomic E-state index is 11.2. The Kier molecular flexibility index (Phi) is 2.54. The van der Waals surface area contributed by atoms with Crippen molar-refractivity contribution in [3.8, 4) is 11.5 Å². The number of carbonyl (C=O) groups is 1. The molecule has 0 saturated carbocycles. The van der Waals surface area contributed by atoms with E-state index in [1.54, 1.807) is 4.90 Å². The van der Waals surface area contributed by atoms with Crippen LogP contribution in [0.3, 0.4) is 0 Å². The van der Waals surface area contributed by atoms with Gasteiger partial charge >= 0.3 is 5.97 Å². The highest BCUT2D eigenvalue weighted by Crippen LogP contribution is 2.40. The number of hydrogen-bond donors (Lipinski definition) is 1. The number of fused-ring (bicyclic) bond motifs is 2. The summed E-state index contributed by atoms with van der Waals surface area (Å²) in [5.41, 5.74) is 2.05. The summed E-state index contributed by atoms with van der Waals surface area (Å²) in [5, 5.41) is 9.18. The molecule has 2 aliphatic rings. The molecule has 0 bridgehead atoms. The third-order valence-electron chi connectivity index (χ3n) is 3.56. The van der Waals surface area contributed by atoms with E-state index in [0.29, 0.717) is 25.4 Å². The molecule has 0 saturated heterocycles. The zero-order chi connectivity index (χ0) is 12.7. The van der Waals surface area contributed by atoms with Crippen LogP contribution >= 0.6 is 0 Å². The number of ether oxygens (including phenoxy) is 2. The maximum Gasteiger partial charge on any atom is 0.326 e. The summed E-state index contributed by atoms with van der Waals surface area (Å²) >= 11 is 0. The number of hydrogen-bond acceptors (Lipinski definition) is 4. The molecule has 1 aromatic carbocycles. The summed E-state index contributed by atoms with van der Waals surface area (Å²) < 4.78 is 11.1. The van der Waals surface area contributed by atoms with Gasteiger partial charge in [0.15, 0.2) is 11.5 Å². The van der Waals surface area contributed by atoms with Gasteiger partial charge in [0.25, 0.3) is 0 Å². The summed E-state index contributed by atoms with van der Waals surface area (Å²) in [7, 11) is 1.81. The Bertz CT molecular complexity index is 500. The molecule has 1 atom stereocenters. The molecule has 2 aliphatic heterocycles. The number of rotatable bonds is 1. The Morgan fingerprint density at radius 1 is 1.33 bits per heavy atom. The molecule has 96 valence electrons. The third-order valence-corrected chi connectivity index (χ3v) is 3.56. The van der Waals surface area contributed by atoms with E-state index in [0.717, 1.165) is 23.4 Å². The first-order chi connectivity index (χ1) is 8.66. The fourth-order valence-corrected chi connectivity index (χ4v) is 2.59. The van der Waals surface area contributed by atoms with Gasteiger partial charge in [-0.2, -0.15) is 0 Å². The normalized spacial score (nSPS) is 21.4. The first-order valence-corrected chi connectivity index (χ1v) is 6.05. The smallest absolute Gasteiger partial charge is 0.326 e. The predicted molar refractivity (Wildman–Crippen MR) is 65.6 cm³/mol. The van der Waals surface area contributed by atoms with Crippen molar-refractivity contribution in [2.45, 2.75) is 18.9 Å². The van der Waals surface area contributed by atoms with Gasteiger partial charge in [0.05, 0.1) is 0 Å². The van der Waals surface area contributed by atoms with Gasteiger partial charge in [-0.1, -0.05) is 0 Å². The molecule has 2 heterocycles. The zero-order valence-electron chi connectivity index (χ0n) is 10.2. The van der Waals surface area contributed by atoms with Crippen molar-refractivity contribution in [1.82, 2.24) is 0 Å². The van der Waals surface area contributed by atoms with Crippen molar-refractivity contribution in [3.05, 3.63) is 17.7 Å². The van der Waals surface area contributed by atoms with Gasteiger partial charge in [-0.15, -0.1) is 0 Å². The summed E-state index contributed by atoms with van der Waals surface area (Å²) in [4.78, 5) is 13.0. The summed E-state index contributed by atoms with van der Waals surface area (Å²) in [6.07, 6.45) is 1.38. The minimum atomic E-state index is -0.780. The minimum absolute atomic E-state index is 0.458. The van der Waals surface area contributed by atoms with Crippen molar-refractivity contribution in [1.29, 1.82) is 0 Å². The largest absolute Gasteiger partial charge is 0.486 e.